The van der Waals surface area contributed by atoms with Crippen LogP contribution in [-0.2, 0) is 16.1 Å². The number of esters is 1. The number of rotatable bonds is 8. The second-order valence-electron chi connectivity index (χ2n) is 9.16. The largest absolute Gasteiger partial charge is 0.497 e. The molecule has 0 saturated heterocycles. The molecule has 0 aliphatic carbocycles. The molecule has 3 aromatic carbocycles. The van der Waals surface area contributed by atoms with Gasteiger partial charge in [-0.3, -0.25) is 9.36 Å². The molecule has 0 fully saturated rings. The summed E-state index contributed by atoms with van der Waals surface area (Å²) in [5.41, 5.74) is 3.38. The number of carbonyl (C=O) groups excluding carboxylic acids is 1. The second-order valence-corrected chi connectivity index (χ2v) is 12.5. The maximum absolute atomic E-state index is 13.9. The van der Waals surface area contributed by atoms with Crippen LogP contribution in [0.1, 0.15) is 36.6 Å². The molecule has 1 atom stereocenters. The number of hydrogen-bond acceptors (Lipinski definition) is 7. The zero-order valence-electron chi connectivity index (χ0n) is 22.5. The number of halogens is 2. The predicted molar refractivity (Wildman–Crippen MR) is 176 cm³/mol. The van der Waals surface area contributed by atoms with Crippen LogP contribution in [0.15, 0.2) is 87.8 Å². The first-order valence-corrected chi connectivity index (χ1v) is 15.8. The Morgan fingerprint density at radius 1 is 1.07 bits per heavy atom. The summed E-state index contributed by atoms with van der Waals surface area (Å²) in [5, 5.41) is 0. The average molecular weight is 792 g/mol. The molecule has 0 amide bonds. The van der Waals surface area contributed by atoms with Crippen molar-refractivity contribution in [2.24, 2.45) is 4.99 Å². The predicted octanol–water partition coefficient (Wildman–Crippen LogP) is 5.60. The van der Waals surface area contributed by atoms with Crippen molar-refractivity contribution in [1.82, 2.24) is 4.57 Å². The van der Waals surface area contributed by atoms with Gasteiger partial charge in [0.15, 0.2) is 4.80 Å². The van der Waals surface area contributed by atoms with Crippen molar-refractivity contribution in [3.8, 4) is 11.5 Å². The fourth-order valence-corrected chi connectivity index (χ4v) is 7.75. The number of hydrogen-bond donors (Lipinski definition) is 0. The Kier molecular flexibility index (Phi) is 9.29. The summed E-state index contributed by atoms with van der Waals surface area (Å²) >= 11 is 5.82. The van der Waals surface area contributed by atoms with E-state index in [4.69, 9.17) is 14.2 Å². The topological polar surface area (TPSA) is 79.1 Å². The van der Waals surface area contributed by atoms with Gasteiger partial charge in [0.05, 0.1) is 42.7 Å². The van der Waals surface area contributed by atoms with Crippen molar-refractivity contribution in [1.29, 1.82) is 0 Å². The molecule has 1 aromatic heterocycles. The fourth-order valence-electron chi connectivity index (χ4n) is 4.57. The van der Waals surface area contributed by atoms with E-state index in [0.717, 1.165) is 29.6 Å². The summed E-state index contributed by atoms with van der Waals surface area (Å²) in [6, 6.07) is 20.7. The number of fused-ring (bicyclic) bond motifs is 1. The monoisotopic (exact) mass is 792 g/mol. The molecule has 7 nitrogen and oxygen atoms in total. The lowest BCUT2D eigenvalue weighted by molar-refractivity contribution is -0.139. The van der Waals surface area contributed by atoms with Gasteiger partial charge in [0.25, 0.3) is 5.56 Å². The third-order valence-electron chi connectivity index (χ3n) is 6.49. The first-order valence-electron chi connectivity index (χ1n) is 12.8. The highest BCUT2D eigenvalue weighted by Crippen LogP contribution is 2.32. The maximum Gasteiger partial charge on any atom is 0.338 e. The lowest BCUT2D eigenvalue weighted by Crippen LogP contribution is -2.39. The minimum atomic E-state index is -0.674. The Morgan fingerprint density at radius 2 is 1.76 bits per heavy atom. The zero-order chi connectivity index (χ0) is 29.1. The van der Waals surface area contributed by atoms with Gasteiger partial charge in [-0.25, -0.2) is 9.79 Å². The van der Waals surface area contributed by atoms with E-state index in [-0.39, 0.29) is 12.2 Å². The average Bonchev–Trinajstić information content (AvgIpc) is 3.26. The summed E-state index contributed by atoms with van der Waals surface area (Å²) in [5.74, 6) is 1.00. The Morgan fingerprint density at radius 3 is 2.39 bits per heavy atom. The van der Waals surface area contributed by atoms with Crippen LogP contribution >= 0.6 is 56.5 Å². The third-order valence-corrected chi connectivity index (χ3v) is 9.08. The van der Waals surface area contributed by atoms with E-state index in [0.29, 0.717) is 33.0 Å². The molecule has 1 aliphatic heterocycles. The molecule has 41 heavy (non-hydrogen) atoms. The van der Waals surface area contributed by atoms with Gasteiger partial charge in [-0.05, 0) is 106 Å². The number of aromatic nitrogens is 1. The van der Waals surface area contributed by atoms with Crippen molar-refractivity contribution in [2.45, 2.75) is 26.5 Å². The first-order chi connectivity index (χ1) is 19.8. The Labute approximate surface area is 268 Å². The van der Waals surface area contributed by atoms with E-state index in [9.17, 15) is 9.59 Å². The second kappa shape index (κ2) is 12.9. The van der Waals surface area contributed by atoms with Crippen LogP contribution in [0, 0.1) is 7.14 Å². The molecule has 1 unspecified atom stereocenters. The number of allylic oxidation sites excluding steroid dienone is 1. The van der Waals surface area contributed by atoms with E-state index in [1.807, 2.05) is 72.8 Å². The highest BCUT2D eigenvalue weighted by molar-refractivity contribution is 14.1. The lowest BCUT2D eigenvalue weighted by Gasteiger charge is -2.24. The molecular formula is C31H26I2N2O5S. The van der Waals surface area contributed by atoms with Gasteiger partial charge < -0.3 is 14.2 Å². The van der Waals surface area contributed by atoms with Gasteiger partial charge in [-0.15, -0.1) is 0 Å². The minimum absolute atomic E-state index is 0.220. The standard InChI is InChI=1S/C31H26I2N2O5S/c1-4-39-30(37)26-18(2)34-31-35(27(26)21-10-12-22(38-3)13-11-21)29(36)25(41-31)16-20-14-23(32)28(24(33)15-20)40-17-19-8-6-5-7-9-19/h5-16,27H,4,17H2,1-3H3. The van der Waals surface area contributed by atoms with E-state index >= 15 is 0 Å². The molecule has 10 heteroatoms. The van der Waals surface area contributed by atoms with Gasteiger partial charge in [0.2, 0.25) is 0 Å². The van der Waals surface area contributed by atoms with Gasteiger partial charge in [0.1, 0.15) is 18.1 Å². The summed E-state index contributed by atoms with van der Waals surface area (Å²) in [4.78, 5) is 32.2. The first kappa shape index (κ1) is 29.5. The minimum Gasteiger partial charge on any atom is -0.497 e. The number of ether oxygens (including phenoxy) is 3. The Balaban J connectivity index is 1.56. The van der Waals surface area contributed by atoms with E-state index < -0.39 is 12.0 Å². The number of carbonyl (C=O) groups is 1. The van der Waals surface area contributed by atoms with Crippen molar-refractivity contribution in [2.75, 3.05) is 13.7 Å². The number of benzene rings is 3. The van der Waals surface area contributed by atoms with Gasteiger partial charge in [-0.1, -0.05) is 53.8 Å². The normalized spacial score (nSPS) is 14.9. The van der Waals surface area contributed by atoms with E-state index in [1.54, 1.807) is 25.5 Å². The Hall–Kier alpha value is -2.97. The zero-order valence-corrected chi connectivity index (χ0v) is 27.7. The molecule has 5 rings (SSSR count). The summed E-state index contributed by atoms with van der Waals surface area (Å²) in [6.45, 7) is 4.22. The van der Waals surface area contributed by atoms with Gasteiger partial charge >= 0.3 is 5.97 Å². The van der Waals surface area contributed by atoms with Crippen LogP contribution in [0.3, 0.4) is 0 Å². The highest BCUT2D eigenvalue weighted by atomic mass is 127. The molecule has 4 aromatic rings. The van der Waals surface area contributed by atoms with Crippen molar-refractivity contribution in [3.05, 3.63) is 122 Å². The molecule has 0 radical (unpaired) electrons. The van der Waals surface area contributed by atoms with Crippen molar-refractivity contribution < 1.29 is 19.0 Å². The molecular weight excluding hydrogens is 766 g/mol. The quantitative estimate of drug-likeness (QED) is 0.172. The highest BCUT2D eigenvalue weighted by Gasteiger charge is 2.33. The number of methoxy groups -OCH3 is 1. The van der Waals surface area contributed by atoms with Crippen molar-refractivity contribution in [3.63, 3.8) is 0 Å². The maximum atomic E-state index is 13.9. The van der Waals surface area contributed by atoms with Crippen LogP contribution in [0.4, 0.5) is 0 Å². The lowest BCUT2D eigenvalue weighted by atomic mass is 9.96. The van der Waals surface area contributed by atoms with Crippen LogP contribution in [-0.4, -0.2) is 24.3 Å². The van der Waals surface area contributed by atoms with Crippen LogP contribution < -0.4 is 24.4 Å². The van der Waals surface area contributed by atoms with Crippen molar-refractivity contribution >= 4 is 68.6 Å². The van der Waals surface area contributed by atoms with Gasteiger partial charge in [0, 0.05) is 0 Å². The summed E-state index contributed by atoms with van der Waals surface area (Å²) in [6.07, 6.45) is 1.86. The SMILES string of the molecule is CCOC(=O)C1=C(C)N=c2sc(=Cc3cc(I)c(OCc4ccccc4)c(I)c3)c(=O)n2C1c1ccc(OC)cc1. The van der Waals surface area contributed by atoms with Gasteiger partial charge in [-0.2, -0.15) is 0 Å². The van der Waals surface area contributed by atoms with E-state index in [2.05, 4.69) is 50.2 Å². The Bertz CT molecular complexity index is 1790. The van der Waals surface area contributed by atoms with Crippen LogP contribution in [0.2, 0.25) is 0 Å². The molecule has 0 N–H and O–H groups in total. The summed E-state index contributed by atoms with van der Waals surface area (Å²) < 4.78 is 20.8. The van der Waals surface area contributed by atoms with E-state index in [1.165, 1.54) is 11.3 Å². The smallest absolute Gasteiger partial charge is 0.338 e. The third kappa shape index (κ3) is 6.28. The number of thiazole rings is 1. The molecule has 1 aliphatic rings. The molecule has 0 bridgehead atoms. The van der Waals surface area contributed by atoms with Crippen LogP contribution in [0.5, 0.6) is 11.5 Å². The summed E-state index contributed by atoms with van der Waals surface area (Å²) in [7, 11) is 1.59. The molecule has 0 spiro atoms. The molecule has 0 saturated carbocycles. The number of nitrogens with zero attached hydrogens (tertiary/aromatic N) is 2. The molecule has 2 heterocycles. The van der Waals surface area contributed by atoms with Crippen LogP contribution in [0.25, 0.3) is 6.08 Å². The molecule has 210 valence electrons. The fraction of sp³-hybridized carbons (Fsp3) is 0.194.